The van der Waals surface area contributed by atoms with Gasteiger partial charge in [0.05, 0.1) is 0 Å². The van der Waals surface area contributed by atoms with Crippen molar-refractivity contribution in [1.29, 1.82) is 0 Å². The molecule has 3 heteroatoms. The zero-order valence-corrected chi connectivity index (χ0v) is 7.54. The van der Waals surface area contributed by atoms with Crippen molar-refractivity contribution in [2.75, 3.05) is 0 Å². The lowest BCUT2D eigenvalue weighted by Gasteiger charge is -2.17. The summed E-state index contributed by atoms with van der Waals surface area (Å²) in [6.45, 7) is 6.30. The second-order valence-corrected chi connectivity index (χ2v) is 5.12. The molecule has 0 aliphatic rings. The molecular formula is C6H16O2Si. The highest BCUT2D eigenvalue weighted by molar-refractivity contribution is 6.40. The first-order valence-corrected chi connectivity index (χ1v) is 5.13. The molecule has 0 aromatic rings. The second kappa shape index (κ2) is 3.34. The summed E-state index contributed by atoms with van der Waals surface area (Å²) in [5.74, 6) is 0. The fourth-order valence-electron chi connectivity index (χ4n) is 0.562. The van der Waals surface area contributed by atoms with Gasteiger partial charge in [0.15, 0.2) is 0 Å². The van der Waals surface area contributed by atoms with Gasteiger partial charge >= 0.3 is 9.28 Å². The second-order valence-electron chi connectivity index (χ2n) is 3.58. The average molecular weight is 148 g/mol. The lowest BCUT2D eigenvalue weighted by atomic mass is 9.94. The van der Waals surface area contributed by atoms with Gasteiger partial charge in [0.25, 0.3) is 0 Å². The van der Waals surface area contributed by atoms with Gasteiger partial charge in [-0.2, -0.15) is 0 Å². The molecule has 0 unspecified atom stereocenters. The van der Waals surface area contributed by atoms with E-state index in [0.29, 0.717) is 6.04 Å². The van der Waals surface area contributed by atoms with E-state index in [1.807, 2.05) is 0 Å². The Hall–Kier alpha value is 0.137. The molecule has 0 fully saturated rings. The van der Waals surface area contributed by atoms with Gasteiger partial charge in [0.2, 0.25) is 0 Å². The van der Waals surface area contributed by atoms with E-state index in [4.69, 9.17) is 9.59 Å². The maximum Gasteiger partial charge on any atom is 0.316 e. The van der Waals surface area contributed by atoms with Crippen LogP contribution in [0.25, 0.3) is 0 Å². The minimum absolute atomic E-state index is 0.247. The van der Waals surface area contributed by atoms with E-state index in [0.717, 1.165) is 6.42 Å². The van der Waals surface area contributed by atoms with Crippen LogP contribution in [0.4, 0.5) is 0 Å². The highest BCUT2D eigenvalue weighted by Gasteiger charge is 2.12. The molecular weight excluding hydrogens is 132 g/mol. The van der Waals surface area contributed by atoms with E-state index in [-0.39, 0.29) is 5.41 Å². The summed E-state index contributed by atoms with van der Waals surface area (Å²) in [6.07, 6.45) is 0.914. The van der Waals surface area contributed by atoms with Crippen molar-refractivity contribution in [3.63, 3.8) is 0 Å². The first-order valence-electron chi connectivity index (χ1n) is 3.28. The van der Waals surface area contributed by atoms with Crippen molar-refractivity contribution < 1.29 is 9.59 Å². The van der Waals surface area contributed by atoms with Crippen LogP contribution in [0.3, 0.4) is 0 Å². The maximum atomic E-state index is 8.61. The Labute approximate surface area is 58.4 Å². The third-order valence-electron chi connectivity index (χ3n) is 1.15. The van der Waals surface area contributed by atoms with Crippen molar-refractivity contribution in [2.24, 2.45) is 5.41 Å². The Morgan fingerprint density at radius 3 is 1.78 bits per heavy atom. The SMILES string of the molecule is CC(C)(C)CC[SiH](O)O. The Morgan fingerprint density at radius 1 is 1.22 bits per heavy atom. The van der Waals surface area contributed by atoms with Crippen LogP contribution in [-0.4, -0.2) is 18.9 Å². The summed E-state index contributed by atoms with van der Waals surface area (Å²) in [5.41, 5.74) is 0.247. The Balaban J connectivity index is 3.28. The van der Waals surface area contributed by atoms with Crippen LogP contribution >= 0.6 is 0 Å². The minimum Gasteiger partial charge on any atom is -0.413 e. The first kappa shape index (κ1) is 9.14. The number of hydrogen-bond acceptors (Lipinski definition) is 2. The molecule has 0 atom stereocenters. The number of rotatable bonds is 2. The normalized spacial score (nSPS) is 12.7. The van der Waals surface area contributed by atoms with Gasteiger partial charge in [-0.25, -0.2) is 0 Å². The first-order chi connectivity index (χ1) is 3.92. The van der Waals surface area contributed by atoms with Crippen LogP contribution in [0.15, 0.2) is 0 Å². The Kier molecular flexibility index (Phi) is 3.39. The maximum absolute atomic E-state index is 8.61. The van der Waals surface area contributed by atoms with Crippen molar-refractivity contribution in [1.82, 2.24) is 0 Å². The molecule has 0 rings (SSSR count). The van der Waals surface area contributed by atoms with Crippen molar-refractivity contribution in [3.05, 3.63) is 0 Å². The van der Waals surface area contributed by atoms with Crippen molar-refractivity contribution >= 4 is 9.28 Å². The summed E-state index contributed by atoms with van der Waals surface area (Å²) < 4.78 is 0. The van der Waals surface area contributed by atoms with E-state index in [2.05, 4.69) is 20.8 Å². The van der Waals surface area contributed by atoms with Gasteiger partial charge < -0.3 is 9.59 Å². The molecule has 0 aromatic carbocycles. The Morgan fingerprint density at radius 2 is 1.67 bits per heavy atom. The molecule has 0 bridgehead atoms. The Bertz CT molecular complexity index is 75.6. The summed E-state index contributed by atoms with van der Waals surface area (Å²) in [6, 6.07) is 0.615. The number of hydrogen-bond donors (Lipinski definition) is 2. The van der Waals surface area contributed by atoms with E-state index < -0.39 is 9.28 Å². The van der Waals surface area contributed by atoms with Gasteiger partial charge in [-0.1, -0.05) is 20.8 Å². The van der Waals surface area contributed by atoms with Gasteiger partial charge in [-0.15, -0.1) is 0 Å². The molecule has 0 aromatic heterocycles. The van der Waals surface area contributed by atoms with Crippen LogP contribution in [0.5, 0.6) is 0 Å². The van der Waals surface area contributed by atoms with E-state index in [9.17, 15) is 0 Å². The highest BCUT2D eigenvalue weighted by Crippen LogP contribution is 2.20. The molecule has 0 aliphatic carbocycles. The molecule has 2 nitrogen and oxygen atoms in total. The highest BCUT2D eigenvalue weighted by atomic mass is 28.3. The minimum atomic E-state index is -2.27. The topological polar surface area (TPSA) is 40.5 Å². The van der Waals surface area contributed by atoms with Crippen molar-refractivity contribution in [3.8, 4) is 0 Å². The van der Waals surface area contributed by atoms with Crippen molar-refractivity contribution in [2.45, 2.75) is 33.2 Å². The smallest absolute Gasteiger partial charge is 0.316 e. The summed E-state index contributed by atoms with van der Waals surface area (Å²) in [4.78, 5) is 17.2. The molecule has 0 saturated heterocycles. The molecule has 0 radical (unpaired) electrons. The predicted molar refractivity (Wildman–Crippen MR) is 40.5 cm³/mol. The predicted octanol–water partition coefficient (Wildman–Crippen LogP) is 0.628. The molecule has 2 N–H and O–H groups in total. The molecule has 0 saturated carbocycles. The third kappa shape index (κ3) is 8.14. The van der Waals surface area contributed by atoms with Crippen LogP contribution < -0.4 is 0 Å². The van der Waals surface area contributed by atoms with Gasteiger partial charge in [0.1, 0.15) is 0 Å². The lowest BCUT2D eigenvalue weighted by Crippen LogP contribution is -2.15. The van der Waals surface area contributed by atoms with E-state index in [1.54, 1.807) is 0 Å². The molecule has 56 valence electrons. The zero-order valence-electron chi connectivity index (χ0n) is 6.39. The summed E-state index contributed by atoms with van der Waals surface area (Å²) in [7, 11) is -2.27. The third-order valence-corrected chi connectivity index (χ3v) is 1.96. The lowest BCUT2D eigenvalue weighted by molar-refractivity contribution is 0.355. The fraction of sp³-hybridized carbons (Fsp3) is 1.00. The van der Waals surface area contributed by atoms with Crippen LogP contribution in [0, 0.1) is 5.41 Å². The molecule has 0 heterocycles. The zero-order chi connectivity index (χ0) is 7.49. The fourth-order valence-corrected chi connectivity index (χ4v) is 1.69. The van der Waals surface area contributed by atoms with E-state index in [1.165, 1.54) is 0 Å². The summed E-state index contributed by atoms with van der Waals surface area (Å²) >= 11 is 0. The van der Waals surface area contributed by atoms with Crippen LogP contribution in [0.1, 0.15) is 27.2 Å². The summed E-state index contributed by atoms with van der Waals surface area (Å²) in [5, 5.41) is 0. The molecule has 0 amide bonds. The van der Waals surface area contributed by atoms with Gasteiger partial charge in [0, 0.05) is 0 Å². The quantitative estimate of drug-likeness (QED) is 0.564. The molecule has 0 aliphatic heterocycles. The standard InChI is InChI=1S/C6H16O2Si/c1-6(2,3)4-5-9(7)8/h7-9H,4-5H2,1-3H3. The van der Waals surface area contributed by atoms with Gasteiger partial charge in [-0.05, 0) is 17.9 Å². The van der Waals surface area contributed by atoms with Gasteiger partial charge in [-0.3, -0.25) is 0 Å². The molecule has 9 heavy (non-hydrogen) atoms. The largest absolute Gasteiger partial charge is 0.413 e. The molecule has 0 spiro atoms. The van der Waals surface area contributed by atoms with Crippen LogP contribution in [-0.2, 0) is 0 Å². The average Bonchev–Trinajstić information content (AvgIpc) is 1.59. The van der Waals surface area contributed by atoms with E-state index >= 15 is 0 Å². The monoisotopic (exact) mass is 148 g/mol. The van der Waals surface area contributed by atoms with Crippen LogP contribution in [0.2, 0.25) is 6.04 Å².